The summed E-state index contributed by atoms with van der Waals surface area (Å²) < 4.78 is -0.608. The third-order valence-electron chi connectivity index (χ3n) is 1.21. The Morgan fingerprint density at radius 1 is 1.08 bits per heavy atom. The summed E-state index contributed by atoms with van der Waals surface area (Å²) in [6.07, 6.45) is 0. The second-order valence-corrected chi connectivity index (χ2v) is 2.69. The quantitative estimate of drug-likeness (QED) is 0.432. The molecule has 0 bridgehead atoms. The molecule has 64 valence electrons. The van der Waals surface area contributed by atoms with Crippen LogP contribution in [0, 0.1) is 0 Å². The summed E-state index contributed by atoms with van der Waals surface area (Å²) in [7, 11) is 0. The van der Waals surface area contributed by atoms with Crippen molar-refractivity contribution >= 4 is 26.4 Å². The SMILES string of the molecule is O.O=C(Br)C(=O)c1ccccc1. The first-order chi connectivity index (χ1) is 5.22. The van der Waals surface area contributed by atoms with E-state index in [4.69, 9.17) is 0 Å². The summed E-state index contributed by atoms with van der Waals surface area (Å²) in [6, 6.07) is 8.41. The summed E-state index contributed by atoms with van der Waals surface area (Å²) in [6.45, 7) is 0. The molecule has 4 heteroatoms. The fourth-order valence-corrected chi connectivity index (χ4v) is 0.932. The van der Waals surface area contributed by atoms with Gasteiger partial charge in [0.05, 0.1) is 0 Å². The van der Waals surface area contributed by atoms with Crippen molar-refractivity contribution in [3.8, 4) is 0 Å². The Labute approximate surface area is 77.8 Å². The molecule has 0 aliphatic carbocycles. The second-order valence-electron chi connectivity index (χ2n) is 1.97. The van der Waals surface area contributed by atoms with Crippen molar-refractivity contribution in [2.24, 2.45) is 0 Å². The molecular formula is C8H7BrO3. The molecule has 0 saturated carbocycles. The van der Waals surface area contributed by atoms with Crippen molar-refractivity contribution in [1.29, 1.82) is 0 Å². The Morgan fingerprint density at radius 3 is 2.00 bits per heavy atom. The minimum Gasteiger partial charge on any atom is -0.412 e. The molecule has 0 radical (unpaired) electrons. The number of Topliss-reactive ketones (excluding diaryl/α,β-unsaturated/α-hetero) is 1. The molecule has 0 fully saturated rings. The zero-order chi connectivity index (χ0) is 8.27. The van der Waals surface area contributed by atoms with Crippen LogP contribution in [0.25, 0.3) is 0 Å². The number of hydrogen-bond acceptors (Lipinski definition) is 2. The lowest BCUT2D eigenvalue weighted by Crippen LogP contribution is -2.05. The molecule has 0 atom stereocenters. The first-order valence-electron chi connectivity index (χ1n) is 3.01. The monoisotopic (exact) mass is 230 g/mol. The highest BCUT2D eigenvalue weighted by Crippen LogP contribution is 2.02. The maximum absolute atomic E-state index is 10.9. The van der Waals surface area contributed by atoms with Gasteiger partial charge in [0.1, 0.15) is 0 Å². The lowest BCUT2D eigenvalue weighted by Gasteiger charge is -1.91. The fraction of sp³-hybridized carbons (Fsp3) is 0. The van der Waals surface area contributed by atoms with E-state index in [0.29, 0.717) is 5.56 Å². The van der Waals surface area contributed by atoms with Gasteiger partial charge in [0.15, 0.2) is 0 Å². The van der Waals surface area contributed by atoms with Crippen molar-refractivity contribution in [3.05, 3.63) is 35.9 Å². The standard InChI is InChI=1S/C8H5BrO2.H2O/c9-8(11)7(10)6-4-2-1-3-5-6;/h1-5H;1H2. The van der Waals surface area contributed by atoms with E-state index >= 15 is 0 Å². The van der Waals surface area contributed by atoms with Gasteiger partial charge in [0.2, 0.25) is 5.78 Å². The number of benzene rings is 1. The molecule has 1 aromatic rings. The highest BCUT2D eigenvalue weighted by molar-refractivity contribution is 9.19. The topological polar surface area (TPSA) is 65.6 Å². The molecule has 0 amide bonds. The average Bonchev–Trinajstić information content (AvgIpc) is 2.05. The van der Waals surface area contributed by atoms with Crippen LogP contribution in [-0.2, 0) is 4.79 Å². The van der Waals surface area contributed by atoms with E-state index in [2.05, 4.69) is 15.9 Å². The van der Waals surface area contributed by atoms with E-state index < -0.39 is 10.5 Å². The lowest BCUT2D eigenvalue weighted by molar-refractivity contribution is -0.106. The van der Waals surface area contributed by atoms with Crippen LogP contribution in [0.3, 0.4) is 0 Å². The average molecular weight is 231 g/mol. The number of rotatable bonds is 2. The predicted octanol–water partition coefficient (Wildman–Crippen LogP) is 0.966. The molecule has 3 nitrogen and oxygen atoms in total. The normalized spacial score (nSPS) is 8.42. The van der Waals surface area contributed by atoms with E-state index in [1.54, 1.807) is 30.3 Å². The summed E-state index contributed by atoms with van der Waals surface area (Å²) >= 11 is 2.59. The van der Waals surface area contributed by atoms with E-state index in [9.17, 15) is 9.59 Å². The van der Waals surface area contributed by atoms with Crippen LogP contribution in [0.4, 0.5) is 0 Å². The van der Waals surface area contributed by atoms with E-state index in [1.165, 1.54) is 0 Å². The van der Waals surface area contributed by atoms with Crippen molar-refractivity contribution in [2.45, 2.75) is 0 Å². The van der Waals surface area contributed by atoms with Gasteiger partial charge in [-0.2, -0.15) is 0 Å². The molecular weight excluding hydrogens is 224 g/mol. The summed E-state index contributed by atoms with van der Waals surface area (Å²) in [5.74, 6) is -0.509. The van der Waals surface area contributed by atoms with Gasteiger partial charge in [0.25, 0.3) is 4.69 Å². The maximum atomic E-state index is 10.9. The molecule has 0 heterocycles. The Balaban J connectivity index is 0.00000121. The zero-order valence-corrected chi connectivity index (χ0v) is 7.67. The summed E-state index contributed by atoms with van der Waals surface area (Å²) in [5, 5.41) is 0. The lowest BCUT2D eigenvalue weighted by atomic mass is 10.1. The van der Waals surface area contributed by atoms with E-state index in [0.717, 1.165) is 0 Å². The van der Waals surface area contributed by atoms with Crippen LogP contribution in [0.5, 0.6) is 0 Å². The van der Waals surface area contributed by atoms with Gasteiger partial charge in [0, 0.05) is 21.5 Å². The van der Waals surface area contributed by atoms with Gasteiger partial charge in [-0.3, -0.25) is 9.59 Å². The van der Waals surface area contributed by atoms with Crippen LogP contribution < -0.4 is 0 Å². The van der Waals surface area contributed by atoms with Gasteiger partial charge in [-0.1, -0.05) is 30.3 Å². The number of ketones is 1. The highest BCUT2D eigenvalue weighted by Gasteiger charge is 2.10. The molecule has 0 aromatic heterocycles. The maximum Gasteiger partial charge on any atom is 0.268 e. The third kappa shape index (κ3) is 2.56. The van der Waals surface area contributed by atoms with Gasteiger partial charge in [-0.05, 0) is 0 Å². The predicted molar refractivity (Wildman–Crippen MR) is 48.3 cm³/mol. The Hall–Kier alpha value is -1.00. The van der Waals surface area contributed by atoms with E-state index in [-0.39, 0.29) is 5.48 Å². The summed E-state index contributed by atoms with van der Waals surface area (Å²) in [5.41, 5.74) is 0.411. The first-order valence-corrected chi connectivity index (χ1v) is 3.80. The highest BCUT2D eigenvalue weighted by atomic mass is 79.9. The number of carbonyl (C=O) groups is 2. The van der Waals surface area contributed by atoms with Crippen LogP contribution in [0.15, 0.2) is 30.3 Å². The molecule has 0 spiro atoms. The van der Waals surface area contributed by atoms with Crippen LogP contribution in [0.2, 0.25) is 0 Å². The molecule has 0 unspecified atom stereocenters. The smallest absolute Gasteiger partial charge is 0.268 e. The van der Waals surface area contributed by atoms with Crippen molar-refractivity contribution in [2.75, 3.05) is 0 Å². The van der Waals surface area contributed by atoms with Gasteiger partial charge in [-0.15, -0.1) is 0 Å². The van der Waals surface area contributed by atoms with Crippen molar-refractivity contribution in [3.63, 3.8) is 0 Å². The van der Waals surface area contributed by atoms with Crippen LogP contribution in [0.1, 0.15) is 10.4 Å². The second kappa shape index (κ2) is 4.79. The molecule has 12 heavy (non-hydrogen) atoms. The van der Waals surface area contributed by atoms with Crippen molar-refractivity contribution < 1.29 is 15.1 Å². The minimum atomic E-state index is -0.608. The zero-order valence-electron chi connectivity index (χ0n) is 6.08. The van der Waals surface area contributed by atoms with Gasteiger partial charge in [-0.25, -0.2) is 0 Å². The number of carbonyl (C=O) groups excluding carboxylic acids is 2. The van der Waals surface area contributed by atoms with Gasteiger partial charge < -0.3 is 5.48 Å². The molecule has 1 aromatic carbocycles. The minimum absolute atomic E-state index is 0. The van der Waals surface area contributed by atoms with E-state index in [1.807, 2.05) is 0 Å². The first kappa shape index (κ1) is 11.0. The molecule has 0 aliphatic heterocycles. The largest absolute Gasteiger partial charge is 0.412 e. The Bertz CT molecular complexity index is 282. The molecule has 0 saturated heterocycles. The Morgan fingerprint density at radius 2 is 1.58 bits per heavy atom. The third-order valence-corrected chi connectivity index (χ3v) is 1.57. The molecule has 2 N–H and O–H groups in total. The number of halogens is 1. The van der Waals surface area contributed by atoms with Crippen LogP contribution in [-0.4, -0.2) is 16.0 Å². The van der Waals surface area contributed by atoms with Crippen LogP contribution >= 0.6 is 15.9 Å². The van der Waals surface area contributed by atoms with Crippen molar-refractivity contribution in [1.82, 2.24) is 0 Å². The van der Waals surface area contributed by atoms with Gasteiger partial charge >= 0.3 is 0 Å². The molecule has 1 rings (SSSR count). The Kier molecular flexibility index (Phi) is 4.39. The fourth-order valence-electron chi connectivity index (χ4n) is 0.703. The summed E-state index contributed by atoms with van der Waals surface area (Å²) in [4.78, 5) is 21.5. The number of hydrogen-bond donors (Lipinski definition) is 0. The molecule has 0 aliphatic rings.